The normalized spacial score (nSPS) is 9.65. The van der Waals surface area contributed by atoms with E-state index in [1.165, 1.54) is 0 Å². The van der Waals surface area contributed by atoms with Gasteiger partial charge in [0.1, 0.15) is 0 Å². The van der Waals surface area contributed by atoms with E-state index < -0.39 is 5.91 Å². The molecule has 0 spiro atoms. The molecule has 17 heavy (non-hydrogen) atoms. The number of hydrogen-bond donors (Lipinski definition) is 2. The van der Waals surface area contributed by atoms with Crippen LogP contribution in [0.4, 0.5) is 0 Å². The van der Waals surface area contributed by atoms with Crippen LogP contribution in [0.2, 0.25) is 0 Å². The van der Waals surface area contributed by atoms with Gasteiger partial charge in [-0.05, 0) is 18.2 Å². The minimum Gasteiger partial charge on any atom is -0.369 e. The average Bonchev–Trinajstić information content (AvgIpc) is 2.29. The lowest BCUT2D eigenvalue weighted by Gasteiger charge is -1.95. The largest absolute Gasteiger partial charge is 0.369 e. The Bertz CT molecular complexity index is 692. The number of fused-ring (bicyclic) bond motifs is 1. The van der Waals surface area contributed by atoms with E-state index in [0.717, 1.165) is 0 Å². The van der Waals surface area contributed by atoms with Gasteiger partial charge in [-0.3, -0.25) is 9.59 Å². The van der Waals surface area contributed by atoms with E-state index >= 15 is 0 Å². The van der Waals surface area contributed by atoms with Crippen LogP contribution in [0.5, 0.6) is 0 Å². The van der Waals surface area contributed by atoms with Crippen LogP contribution in [-0.4, -0.2) is 16.1 Å². The van der Waals surface area contributed by atoms with Crippen LogP contribution in [0.3, 0.4) is 0 Å². The van der Waals surface area contributed by atoms with Gasteiger partial charge in [-0.2, -0.15) is 5.10 Å². The van der Waals surface area contributed by atoms with Crippen molar-refractivity contribution in [3.05, 3.63) is 40.3 Å². The number of rotatable bonds is 1. The highest BCUT2D eigenvalue weighted by Crippen LogP contribution is 2.09. The van der Waals surface area contributed by atoms with E-state index in [2.05, 4.69) is 22.0 Å². The number of nitrogens with zero attached hydrogens (tertiary/aromatic N) is 1. The van der Waals surface area contributed by atoms with Gasteiger partial charge >= 0.3 is 0 Å². The van der Waals surface area contributed by atoms with Crippen LogP contribution >= 0.6 is 0 Å². The number of benzene rings is 1. The number of H-pyrrole nitrogens is 1. The Morgan fingerprint density at radius 1 is 1.47 bits per heavy atom. The van der Waals surface area contributed by atoms with E-state index in [1.54, 1.807) is 24.4 Å². The van der Waals surface area contributed by atoms with E-state index in [9.17, 15) is 9.59 Å². The Kier molecular flexibility index (Phi) is 2.88. The summed E-state index contributed by atoms with van der Waals surface area (Å²) in [5, 5.41) is 7.32. The van der Waals surface area contributed by atoms with Gasteiger partial charge in [0.05, 0.1) is 18.0 Å². The molecule has 5 heteroatoms. The summed E-state index contributed by atoms with van der Waals surface area (Å²) in [6.07, 6.45) is 1.57. The number of hydrogen-bond acceptors (Lipinski definition) is 3. The number of primary amides is 1. The number of nitrogens with one attached hydrogen (secondary N) is 1. The van der Waals surface area contributed by atoms with E-state index in [1.807, 2.05) is 0 Å². The molecule has 0 bridgehead atoms. The van der Waals surface area contributed by atoms with Crippen LogP contribution in [0.25, 0.3) is 10.8 Å². The van der Waals surface area contributed by atoms with Crippen molar-refractivity contribution in [2.45, 2.75) is 6.42 Å². The smallest absolute Gasteiger partial charge is 0.272 e. The van der Waals surface area contributed by atoms with Crippen molar-refractivity contribution in [1.82, 2.24) is 10.2 Å². The second-order valence-electron chi connectivity index (χ2n) is 3.45. The lowest BCUT2D eigenvalue weighted by Crippen LogP contribution is -2.08. The van der Waals surface area contributed by atoms with Crippen molar-refractivity contribution in [2.75, 3.05) is 0 Å². The number of nitrogens with two attached hydrogens (primary N) is 1. The summed E-state index contributed by atoms with van der Waals surface area (Å²) in [5.74, 6) is 4.98. The third-order valence-corrected chi connectivity index (χ3v) is 2.16. The summed E-state index contributed by atoms with van der Waals surface area (Å²) in [6.45, 7) is 0. The van der Waals surface area contributed by atoms with Gasteiger partial charge in [0, 0.05) is 10.9 Å². The molecule has 5 nitrogen and oxygen atoms in total. The number of carbonyl (C=O) groups is 1. The fraction of sp³-hybridized carbons (Fsp3) is 0.0833. The average molecular weight is 227 g/mol. The topological polar surface area (TPSA) is 88.8 Å². The summed E-state index contributed by atoms with van der Waals surface area (Å²) < 4.78 is 0. The second kappa shape index (κ2) is 4.49. The zero-order valence-corrected chi connectivity index (χ0v) is 8.86. The molecule has 84 valence electrons. The summed E-state index contributed by atoms with van der Waals surface area (Å²) in [5.41, 5.74) is 5.45. The minimum absolute atomic E-state index is 0.0195. The molecule has 1 aromatic carbocycles. The summed E-state index contributed by atoms with van der Waals surface area (Å²) in [4.78, 5) is 21.9. The predicted octanol–water partition coefficient (Wildman–Crippen LogP) is 0.150. The van der Waals surface area contributed by atoms with Gasteiger partial charge in [-0.1, -0.05) is 11.8 Å². The summed E-state index contributed by atoms with van der Waals surface area (Å²) in [7, 11) is 0. The standard InChI is InChI=1S/C12H9N3O2/c13-11(16)3-1-2-8-4-5-10-9(6-8)7-14-15-12(10)17/h4-7H,3H2,(H2,13,16)(H,15,17). The van der Waals surface area contributed by atoms with Crippen LogP contribution in [-0.2, 0) is 4.79 Å². The number of aromatic nitrogens is 2. The predicted molar refractivity (Wildman–Crippen MR) is 63.1 cm³/mol. The first kappa shape index (κ1) is 10.9. The zero-order valence-electron chi connectivity index (χ0n) is 8.86. The van der Waals surface area contributed by atoms with Crippen LogP contribution < -0.4 is 11.3 Å². The molecule has 0 unspecified atom stereocenters. The second-order valence-corrected chi connectivity index (χ2v) is 3.45. The number of carbonyl (C=O) groups excluding carboxylic acids is 1. The molecule has 2 rings (SSSR count). The Morgan fingerprint density at radius 2 is 2.29 bits per heavy atom. The highest BCUT2D eigenvalue weighted by Gasteiger charge is 1.98. The lowest BCUT2D eigenvalue weighted by molar-refractivity contribution is -0.117. The molecule has 0 aliphatic rings. The first-order valence-electron chi connectivity index (χ1n) is 4.91. The highest BCUT2D eigenvalue weighted by atomic mass is 16.1. The van der Waals surface area contributed by atoms with Crippen molar-refractivity contribution in [3.8, 4) is 11.8 Å². The summed E-state index contributed by atoms with van der Waals surface area (Å²) >= 11 is 0. The van der Waals surface area contributed by atoms with E-state index in [0.29, 0.717) is 16.3 Å². The molecule has 2 aromatic rings. The van der Waals surface area contributed by atoms with Crippen molar-refractivity contribution in [2.24, 2.45) is 5.73 Å². The van der Waals surface area contributed by atoms with Gasteiger partial charge in [-0.25, -0.2) is 5.10 Å². The molecule has 0 radical (unpaired) electrons. The van der Waals surface area contributed by atoms with Crippen LogP contribution in [0, 0.1) is 11.8 Å². The van der Waals surface area contributed by atoms with Gasteiger partial charge in [0.25, 0.3) is 5.56 Å². The fourth-order valence-corrected chi connectivity index (χ4v) is 1.41. The van der Waals surface area contributed by atoms with Gasteiger partial charge in [0.2, 0.25) is 5.91 Å². The molecule has 0 atom stereocenters. The Morgan fingerprint density at radius 3 is 3.06 bits per heavy atom. The molecule has 0 saturated carbocycles. The molecule has 0 saturated heterocycles. The molecule has 1 aromatic heterocycles. The highest BCUT2D eigenvalue weighted by molar-refractivity contribution is 5.82. The van der Waals surface area contributed by atoms with Gasteiger partial charge in [-0.15, -0.1) is 0 Å². The zero-order chi connectivity index (χ0) is 12.3. The molecule has 0 aliphatic heterocycles. The Labute approximate surface area is 96.6 Å². The molecule has 3 N–H and O–H groups in total. The maximum absolute atomic E-state index is 11.4. The van der Waals surface area contributed by atoms with Crippen LogP contribution in [0.15, 0.2) is 29.2 Å². The number of amides is 1. The molecule has 0 aliphatic carbocycles. The molecule has 0 fully saturated rings. The van der Waals surface area contributed by atoms with Crippen molar-refractivity contribution in [1.29, 1.82) is 0 Å². The Balaban J connectivity index is 2.41. The molecule has 1 amide bonds. The Hall–Kier alpha value is -2.61. The van der Waals surface area contributed by atoms with E-state index in [-0.39, 0.29) is 12.0 Å². The maximum Gasteiger partial charge on any atom is 0.272 e. The number of aromatic amines is 1. The lowest BCUT2D eigenvalue weighted by atomic mass is 10.1. The first-order chi connectivity index (χ1) is 8.16. The van der Waals surface area contributed by atoms with E-state index in [4.69, 9.17) is 5.73 Å². The molecular formula is C12H9N3O2. The molecule has 1 heterocycles. The third kappa shape index (κ3) is 2.49. The summed E-state index contributed by atoms with van der Waals surface area (Å²) in [6, 6.07) is 5.13. The van der Waals surface area contributed by atoms with Crippen molar-refractivity contribution in [3.63, 3.8) is 0 Å². The minimum atomic E-state index is -0.462. The van der Waals surface area contributed by atoms with Gasteiger partial charge in [0.15, 0.2) is 0 Å². The quantitative estimate of drug-likeness (QED) is 0.679. The monoisotopic (exact) mass is 227 g/mol. The van der Waals surface area contributed by atoms with Crippen molar-refractivity contribution < 1.29 is 4.79 Å². The third-order valence-electron chi connectivity index (χ3n) is 2.16. The van der Waals surface area contributed by atoms with Gasteiger partial charge < -0.3 is 5.73 Å². The SMILES string of the molecule is NC(=O)CC#Cc1ccc2c(=O)[nH]ncc2c1. The molecular weight excluding hydrogens is 218 g/mol. The maximum atomic E-state index is 11.4. The first-order valence-corrected chi connectivity index (χ1v) is 4.91. The van der Waals surface area contributed by atoms with Crippen molar-refractivity contribution >= 4 is 16.7 Å². The van der Waals surface area contributed by atoms with Crippen LogP contribution in [0.1, 0.15) is 12.0 Å². The fourth-order valence-electron chi connectivity index (χ4n) is 1.41.